The first-order valence-electron chi connectivity index (χ1n) is 7.95. The first kappa shape index (κ1) is 18.9. The van der Waals surface area contributed by atoms with E-state index in [1.54, 1.807) is 24.0 Å². The molecule has 0 saturated heterocycles. The van der Waals surface area contributed by atoms with E-state index in [9.17, 15) is 17.6 Å². The molecule has 0 saturated carbocycles. The maximum Gasteiger partial charge on any atom is 0.233 e. The molecule has 1 unspecified atom stereocenters. The number of rotatable bonds is 7. The molecule has 5 nitrogen and oxygen atoms in total. The van der Waals surface area contributed by atoms with E-state index in [2.05, 4.69) is 4.72 Å². The van der Waals surface area contributed by atoms with Gasteiger partial charge in [-0.3, -0.25) is 9.52 Å². The van der Waals surface area contributed by atoms with Crippen molar-refractivity contribution < 1.29 is 17.6 Å². The van der Waals surface area contributed by atoms with E-state index in [1.165, 1.54) is 18.2 Å². The number of hydrogen-bond donors (Lipinski definition) is 1. The summed E-state index contributed by atoms with van der Waals surface area (Å²) in [6.07, 6.45) is 0. The van der Waals surface area contributed by atoms with Crippen LogP contribution in [0.4, 0.5) is 15.8 Å². The molecule has 0 spiro atoms. The molecule has 2 aromatic carbocycles. The number of nitrogens with zero attached hydrogens (tertiary/aromatic N) is 1. The Morgan fingerprint density at radius 3 is 2.44 bits per heavy atom. The quantitative estimate of drug-likeness (QED) is 0.820. The fourth-order valence-corrected chi connectivity index (χ4v) is 3.88. The van der Waals surface area contributed by atoms with Crippen molar-refractivity contribution in [2.45, 2.75) is 13.8 Å². The van der Waals surface area contributed by atoms with Gasteiger partial charge in [0, 0.05) is 12.2 Å². The fourth-order valence-electron chi connectivity index (χ4n) is 2.51. The van der Waals surface area contributed by atoms with Gasteiger partial charge in [-0.2, -0.15) is 0 Å². The number of halogens is 1. The summed E-state index contributed by atoms with van der Waals surface area (Å²) in [7, 11) is -3.78. The van der Waals surface area contributed by atoms with Crippen molar-refractivity contribution in [1.29, 1.82) is 0 Å². The van der Waals surface area contributed by atoms with Gasteiger partial charge in [0.25, 0.3) is 0 Å². The van der Waals surface area contributed by atoms with Crippen LogP contribution in [0.3, 0.4) is 0 Å². The van der Waals surface area contributed by atoms with Gasteiger partial charge in [-0.1, -0.05) is 31.2 Å². The van der Waals surface area contributed by atoms with Crippen LogP contribution in [0, 0.1) is 11.7 Å². The second-order valence-corrected chi connectivity index (χ2v) is 7.48. The highest BCUT2D eigenvalue weighted by Crippen LogP contribution is 2.18. The number of benzene rings is 2. The SMILES string of the molecule is CCN(C(=O)C(C)CS(=O)(=O)Nc1cccc(F)c1)c1ccccc1. The summed E-state index contributed by atoms with van der Waals surface area (Å²) < 4.78 is 40.0. The molecule has 0 heterocycles. The highest BCUT2D eigenvalue weighted by Gasteiger charge is 2.26. The lowest BCUT2D eigenvalue weighted by Gasteiger charge is -2.24. The first-order chi connectivity index (χ1) is 11.8. The van der Waals surface area contributed by atoms with Crippen LogP contribution in [0.25, 0.3) is 0 Å². The Balaban J connectivity index is 2.08. The number of hydrogen-bond acceptors (Lipinski definition) is 3. The van der Waals surface area contributed by atoms with Crippen molar-refractivity contribution in [2.24, 2.45) is 5.92 Å². The number of nitrogens with one attached hydrogen (secondary N) is 1. The van der Waals surface area contributed by atoms with Gasteiger partial charge in [-0.05, 0) is 37.3 Å². The van der Waals surface area contributed by atoms with E-state index in [0.717, 1.165) is 11.8 Å². The van der Waals surface area contributed by atoms with Crippen molar-refractivity contribution in [2.75, 3.05) is 21.9 Å². The predicted molar refractivity (Wildman–Crippen MR) is 97.4 cm³/mol. The van der Waals surface area contributed by atoms with Crippen LogP contribution in [-0.4, -0.2) is 26.6 Å². The van der Waals surface area contributed by atoms with E-state index in [-0.39, 0.29) is 17.3 Å². The minimum Gasteiger partial charge on any atom is -0.312 e. The molecule has 1 atom stereocenters. The maximum absolute atomic E-state index is 13.2. The van der Waals surface area contributed by atoms with Crippen LogP contribution in [0.5, 0.6) is 0 Å². The van der Waals surface area contributed by atoms with Crippen LogP contribution >= 0.6 is 0 Å². The lowest BCUT2D eigenvalue weighted by Crippen LogP contribution is -2.38. The monoisotopic (exact) mass is 364 g/mol. The molecule has 0 aromatic heterocycles. The molecule has 0 bridgehead atoms. The Morgan fingerprint density at radius 2 is 1.84 bits per heavy atom. The number of para-hydroxylation sites is 1. The second kappa shape index (κ2) is 8.11. The van der Waals surface area contributed by atoms with Crippen molar-refractivity contribution in [3.8, 4) is 0 Å². The van der Waals surface area contributed by atoms with Crippen LogP contribution in [0.1, 0.15) is 13.8 Å². The second-order valence-electron chi connectivity index (χ2n) is 5.71. The third-order valence-electron chi connectivity index (χ3n) is 3.64. The van der Waals surface area contributed by atoms with Gasteiger partial charge in [-0.25, -0.2) is 12.8 Å². The molecule has 2 aromatic rings. The molecule has 134 valence electrons. The molecular formula is C18H21FN2O3S. The molecule has 7 heteroatoms. The van der Waals surface area contributed by atoms with E-state index < -0.39 is 21.8 Å². The molecule has 1 amide bonds. The highest BCUT2D eigenvalue weighted by atomic mass is 32.2. The minimum absolute atomic E-state index is 0.134. The van der Waals surface area contributed by atoms with E-state index in [0.29, 0.717) is 6.54 Å². The largest absolute Gasteiger partial charge is 0.312 e. The molecule has 25 heavy (non-hydrogen) atoms. The van der Waals surface area contributed by atoms with Gasteiger partial charge in [0.2, 0.25) is 15.9 Å². The Morgan fingerprint density at radius 1 is 1.16 bits per heavy atom. The van der Waals surface area contributed by atoms with Crippen LogP contribution in [-0.2, 0) is 14.8 Å². The predicted octanol–water partition coefficient (Wildman–Crippen LogP) is 3.26. The van der Waals surface area contributed by atoms with Gasteiger partial charge in [0.15, 0.2) is 0 Å². The standard InChI is InChI=1S/C18H21FN2O3S/c1-3-21(17-10-5-4-6-11-17)18(22)14(2)13-25(23,24)20-16-9-7-8-15(19)12-16/h4-12,14,20H,3,13H2,1-2H3. The molecule has 2 rings (SSSR count). The van der Waals surface area contributed by atoms with Crippen molar-refractivity contribution in [3.05, 3.63) is 60.4 Å². The summed E-state index contributed by atoms with van der Waals surface area (Å²) in [6, 6.07) is 14.3. The summed E-state index contributed by atoms with van der Waals surface area (Å²) in [4.78, 5) is 14.2. The summed E-state index contributed by atoms with van der Waals surface area (Å²) in [5.74, 6) is -1.94. The summed E-state index contributed by atoms with van der Waals surface area (Å²) in [5.41, 5.74) is 0.854. The number of anilines is 2. The number of amides is 1. The minimum atomic E-state index is -3.78. The lowest BCUT2D eigenvalue weighted by molar-refractivity contribution is -0.121. The third-order valence-corrected chi connectivity index (χ3v) is 5.12. The average Bonchev–Trinajstić information content (AvgIpc) is 2.55. The zero-order chi connectivity index (χ0) is 18.4. The Labute approximate surface area is 147 Å². The molecule has 0 aliphatic rings. The summed E-state index contributed by atoms with van der Waals surface area (Å²) >= 11 is 0. The Kier molecular flexibility index (Phi) is 6.14. The average molecular weight is 364 g/mol. The zero-order valence-corrected chi connectivity index (χ0v) is 15.0. The smallest absolute Gasteiger partial charge is 0.233 e. The normalized spacial score (nSPS) is 12.4. The molecule has 0 radical (unpaired) electrons. The van der Waals surface area contributed by atoms with Gasteiger partial charge < -0.3 is 4.90 Å². The number of carbonyl (C=O) groups is 1. The lowest BCUT2D eigenvalue weighted by atomic mass is 10.1. The topological polar surface area (TPSA) is 66.5 Å². The zero-order valence-electron chi connectivity index (χ0n) is 14.1. The summed E-state index contributed by atoms with van der Waals surface area (Å²) in [5, 5.41) is 0. The van der Waals surface area contributed by atoms with E-state index in [4.69, 9.17) is 0 Å². The molecule has 0 aliphatic heterocycles. The van der Waals surface area contributed by atoms with Gasteiger partial charge in [-0.15, -0.1) is 0 Å². The first-order valence-corrected chi connectivity index (χ1v) is 9.60. The Bertz CT molecular complexity index is 825. The van der Waals surface area contributed by atoms with Gasteiger partial charge in [0.05, 0.1) is 17.4 Å². The maximum atomic E-state index is 13.2. The van der Waals surface area contributed by atoms with E-state index in [1.807, 2.05) is 25.1 Å². The van der Waals surface area contributed by atoms with Crippen LogP contribution in [0.15, 0.2) is 54.6 Å². The molecule has 0 aliphatic carbocycles. The van der Waals surface area contributed by atoms with Crippen molar-refractivity contribution in [3.63, 3.8) is 0 Å². The molecular weight excluding hydrogens is 343 g/mol. The fraction of sp³-hybridized carbons (Fsp3) is 0.278. The van der Waals surface area contributed by atoms with Crippen molar-refractivity contribution >= 4 is 27.3 Å². The molecule has 1 N–H and O–H groups in total. The van der Waals surface area contributed by atoms with Gasteiger partial charge >= 0.3 is 0 Å². The summed E-state index contributed by atoms with van der Waals surface area (Å²) in [6.45, 7) is 3.83. The third kappa shape index (κ3) is 5.29. The molecule has 0 fully saturated rings. The van der Waals surface area contributed by atoms with Crippen LogP contribution in [0.2, 0.25) is 0 Å². The van der Waals surface area contributed by atoms with Gasteiger partial charge in [0.1, 0.15) is 5.82 Å². The van der Waals surface area contributed by atoms with E-state index >= 15 is 0 Å². The highest BCUT2D eigenvalue weighted by molar-refractivity contribution is 7.92. The number of carbonyl (C=O) groups excluding carboxylic acids is 1. The Hall–Kier alpha value is -2.41. The number of sulfonamides is 1. The van der Waals surface area contributed by atoms with Crippen LogP contribution < -0.4 is 9.62 Å². The van der Waals surface area contributed by atoms with Crippen molar-refractivity contribution in [1.82, 2.24) is 0 Å².